The van der Waals surface area contributed by atoms with Crippen molar-refractivity contribution in [2.24, 2.45) is 10.9 Å². The van der Waals surface area contributed by atoms with E-state index in [9.17, 15) is 0 Å². The van der Waals surface area contributed by atoms with E-state index in [2.05, 4.69) is 69.7 Å². The molecule has 0 saturated carbocycles. The molecule has 0 amide bonds. The SMILES string of the molecule is C=C(C)\N=C(/C(=C/C(=C\C)N(CCC)CCC)C(=C)C)N1CCC(C)CC1. The van der Waals surface area contributed by atoms with Crippen LogP contribution in [0.1, 0.15) is 67.2 Å². The fourth-order valence-electron chi connectivity index (χ4n) is 3.50. The van der Waals surface area contributed by atoms with E-state index in [-0.39, 0.29) is 0 Å². The summed E-state index contributed by atoms with van der Waals surface area (Å²) in [6, 6.07) is 0. The highest BCUT2D eigenvalue weighted by Gasteiger charge is 2.22. The Labute approximate surface area is 168 Å². The smallest absolute Gasteiger partial charge is 0.136 e. The van der Waals surface area contributed by atoms with Gasteiger partial charge in [0, 0.05) is 43.1 Å². The van der Waals surface area contributed by atoms with Crippen molar-refractivity contribution in [2.45, 2.75) is 67.2 Å². The fraction of sp³-hybridized carbons (Fsp3) is 0.625. The predicted octanol–water partition coefficient (Wildman–Crippen LogP) is 6.18. The lowest BCUT2D eigenvalue weighted by Crippen LogP contribution is -2.39. The molecule has 0 spiro atoms. The van der Waals surface area contributed by atoms with Crippen molar-refractivity contribution < 1.29 is 0 Å². The number of nitrogens with zero attached hydrogens (tertiary/aromatic N) is 3. The van der Waals surface area contributed by atoms with Crippen LogP contribution < -0.4 is 0 Å². The van der Waals surface area contributed by atoms with E-state index in [0.717, 1.165) is 67.6 Å². The van der Waals surface area contributed by atoms with Crippen LogP contribution in [-0.4, -0.2) is 41.8 Å². The summed E-state index contributed by atoms with van der Waals surface area (Å²) in [7, 11) is 0. The molecule has 1 aliphatic rings. The maximum atomic E-state index is 4.86. The number of allylic oxidation sites excluding steroid dienone is 3. The summed E-state index contributed by atoms with van der Waals surface area (Å²) < 4.78 is 0. The van der Waals surface area contributed by atoms with E-state index < -0.39 is 0 Å². The highest BCUT2D eigenvalue weighted by molar-refractivity contribution is 6.03. The zero-order chi connectivity index (χ0) is 20.4. The lowest BCUT2D eigenvalue weighted by Gasteiger charge is -2.34. The third-order valence-electron chi connectivity index (χ3n) is 5.02. The van der Waals surface area contributed by atoms with E-state index in [1.807, 2.05) is 6.92 Å². The first-order chi connectivity index (χ1) is 12.8. The van der Waals surface area contributed by atoms with Gasteiger partial charge < -0.3 is 9.80 Å². The summed E-state index contributed by atoms with van der Waals surface area (Å²) in [4.78, 5) is 9.75. The Kier molecular flexibility index (Phi) is 10.2. The number of aliphatic imine (C=N–C) groups is 1. The number of hydrogen-bond donors (Lipinski definition) is 0. The first kappa shape index (κ1) is 23.3. The minimum absolute atomic E-state index is 0.792. The Bertz CT molecular complexity index is 581. The van der Waals surface area contributed by atoms with Gasteiger partial charge in [-0.25, -0.2) is 4.99 Å². The predicted molar refractivity (Wildman–Crippen MR) is 121 cm³/mol. The van der Waals surface area contributed by atoms with Gasteiger partial charge in [0.2, 0.25) is 0 Å². The Morgan fingerprint density at radius 3 is 2.07 bits per heavy atom. The summed E-state index contributed by atoms with van der Waals surface area (Å²) in [5.41, 5.74) is 4.30. The molecule has 0 atom stereocenters. The van der Waals surface area contributed by atoms with Crippen LogP contribution in [0.3, 0.4) is 0 Å². The summed E-state index contributed by atoms with van der Waals surface area (Å²) in [6.07, 6.45) is 9.22. The molecule has 0 radical (unpaired) electrons. The van der Waals surface area contributed by atoms with Crippen molar-refractivity contribution in [1.82, 2.24) is 9.80 Å². The topological polar surface area (TPSA) is 18.8 Å². The first-order valence-corrected chi connectivity index (χ1v) is 10.6. The molecule has 1 heterocycles. The molecule has 0 aromatic rings. The van der Waals surface area contributed by atoms with Gasteiger partial charge in [-0.05, 0) is 64.0 Å². The van der Waals surface area contributed by atoms with Gasteiger partial charge in [0.25, 0.3) is 0 Å². The molecule has 0 unspecified atom stereocenters. The van der Waals surface area contributed by atoms with Gasteiger partial charge in [-0.3, -0.25) is 0 Å². The lowest BCUT2D eigenvalue weighted by atomic mass is 9.97. The van der Waals surface area contributed by atoms with Gasteiger partial charge in [0.05, 0.1) is 0 Å². The lowest BCUT2D eigenvalue weighted by molar-refractivity contribution is 0.280. The van der Waals surface area contributed by atoms with Gasteiger partial charge >= 0.3 is 0 Å². The zero-order valence-electron chi connectivity index (χ0n) is 18.6. The number of piperidine rings is 1. The molecule has 0 bridgehead atoms. The average molecular weight is 372 g/mol. The van der Waals surface area contributed by atoms with E-state index in [0.29, 0.717) is 0 Å². The average Bonchev–Trinajstić information content (AvgIpc) is 2.61. The third-order valence-corrected chi connectivity index (χ3v) is 5.02. The van der Waals surface area contributed by atoms with Crippen molar-refractivity contribution in [1.29, 1.82) is 0 Å². The van der Waals surface area contributed by atoms with Crippen molar-refractivity contribution in [3.63, 3.8) is 0 Å². The normalized spacial score (nSPS) is 17.3. The Morgan fingerprint density at radius 1 is 1.11 bits per heavy atom. The van der Waals surface area contributed by atoms with Crippen molar-refractivity contribution in [3.05, 3.63) is 47.9 Å². The van der Waals surface area contributed by atoms with Crippen LogP contribution in [0.2, 0.25) is 0 Å². The molecule has 0 aromatic heterocycles. The van der Waals surface area contributed by atoms with E-state index in [1.165, 1.54) is 18.5 Å². The third kappa shape index (κ3) is 7.40. The largest absolute Gasteiger partial charge is 0.372 e. The number of likely N-dealkylation sites (tertiary alicyclic amines) is 1. The zero-order valence-corrected chi connectivity index (χ0v) is 18.6. The number of amidine groups is 1. The number of hydrogen-bond acceptors (Lipinski definition) is 2. The Morgan fingerprint density at radius 2 is 1.67 bits per heavy atom. The van der Waals surface area contributed by atoms with Gasteiger partial charge in [0.1, 0.15) is 5.84 Å². The minimum Gasteiger partial charge on any atom is -0.372 e. The van der Waals surface area contributed by atoms with E-state index in [4.69, 9.17) is 4.99 Å². The molecule has 0 aliphatic carbocycles. The van der Waals surface area contributed by atoms with Crippen molar-refractivity contribution >= 4 is 5.84 Å². The molecule has 1 rings (SSSR count). The van der Waals surface area contributed by atoms with Crippen LogP contribution in [0, 0.1) is 5.92 Å². The summed E-state index contributed by atoms with van der Waals surface area (Å²) >= 11 is 0. The first-order valence-electron chi connectivity index (χ1n) is 10.6. The van der Waals surface area contributed by atoms with E-state index >= 15 is 0 Å². The maximum absolute atomic E-state index is 4.86. The van der Waals surface area contributed by atoms with Crippen LogP contribution in [0.25, 0.3) is 0 Å². The second-order valence-electron chi connectivity index (χ2n) is 7.88. The molecule has 27 heavy (non-hydrogen) atoms. The van der Waals surface area contributed by atoms with Crippen LogP contribution in [-0.2, 0) is 0 Å². The molecule has 3 heteroatoms. The molecular formula is C24H41N3. The second-order valence-corrected chi connectivity index (χ2v) is 7.88. The Hall–Kier alpha value is -1.77. The van der Waals surface area contributed by atoms with Gasteiger partial charge in [0.15, 0.2) is 0 Å². The monoisotopic (exact) mass is 371 g/mol. The van der Waals surface area contributed by atoms with Gasteiger partial charge in [-0.15, -0.1) is 0 Å². The van der Waals surface area contributed by atoms with Crippen molar-refractivity contribution in [2.75, 3.05) is 26.2 Å². The number of rotatable bonds is 9. The summed E-state index contributed by atoms with van der Waals surface area (Å²) in [6.45, 7) is 25.6. The molecule has 3 nitrogen and oxygen atoms in total. The van der Waals surface area contributed by atoms with Crippen molar-refractivity contribution in [3.8, 4) is 0 Å². The molecular weight excluding hydrogens is 330 g/mol. The maximum Gasteiger partial charge on any atom is 0.136 e. The van der Waals surface area contributed by atoms with Crippen LogP contribution >= 0.6 is 0 Å². The highest BCUT2D eigenvalue weighted by Crippen LogP contribution is 2.24. The van der Waals surface area contributed by atoms with E-state index in [1.54, 1.807) is 0 Å². The Balaban J connectivity index is 3.32. The molecule has 0 aromatic carbocycles. The molecule has 0 N–H and O–H groups in total. The molecule has 1 saturated heterocycles. The van der Waals surface area contributed by atoms with Crippen LogP contribution in [0.15, 0.2) is 52.8 Å². The summed E-state index contributed by atoms with van der Waals surface area (Å²) in [5.74, 6) is 1.83. The summed E-state index contributed by atoms with van der Waals surface area (Å²) in [5, 5.41) is 0. The van der Waals surface area contributed by atoms with Gasteiger partial charge in [-0.2, -0.15) is 0 Å². The molecule has 152 valence electrons. The standard InChI is InChI=1S/C24H41N3/c1-9-14-26(15-10-2)22(11-3)18-23(19(4)5)24(25-20(6)7)27-16-12-21(8)13-17-27/h11,18,21H,4,6,9-10,12-17H2,1-3,5,7-8H3/b22-11+,23-18+,25-24+. The van der Waals surface area contributed by atoms with Crippen LogP contribution in [0.4, 0.5) is 0 Å². The minimum atomic E-state index is 0.792. The molecule has 1 fully saturated rings. The quantitative estimate of drug-likeness (QED) is 0.274. The van der Waals surface area contributed by atoms with Crippen LogP contribution in [0.5, 0.6) is 0 Å². The second kappa shape index (κ2) is 11.8. The van der Waals surface area contributed by atoms with Gasteiger partial charge in [-0.1, -0.05) is 40.0 Å². The molecule has 1 aliphatic heterocycles. The fourth-order valence-corrected chi connectivity index (χ4v) is 3.50. The highest BCUT2D eigenvalue weighted by atomic mass is 15.2.